The minimum atomic E-state index is -0.716. The fraction of sp³-hybridized carbons (Fsp3) is 0.273. The van der Waals surface area contributed by atoms with Gasteiger partial charge in [-0.25, -0.2) is 0 Å². The summed E-state index contributed by atoms with van der Waals surface area (Å²) in [5.41, 5.74) is 7.62. The maximum Gasteiger partial charge on any atom is 0.271 e. The number of primary amides is 1. The standard InChI is InChI=1S/C22H25N5O3/c1-14(2)12-20(28)24-15-8-10-16(11-9-15)25-22(30)18-13-19(21(23)29)27(26-18)17-6-4-3-5-7-17/h3-11,14,19H,12-13H2,1-2H3,(H2,23,29)(H,24,28)(H,25,30)/t19-/m0/s1. The largest absolute Gasteiger partial charge is 0.368 e. The van der Waals surface area contributed by atoms with Gasteiger partial charge in [-0.1, -0.05) is 32.0 Å². The second-order valence-corrected chi connectivity index (χ2v) is 7.53. The minimum Gasteiger partial charge on any atom is -0.368 e. The van der Waals surface area contributed by atoms with Crippen LogP contribution in [-0.2, 0) is 14.4 Å². The topological polar surface area (TPSA) is 117 Å². The Balaban J connectivity index is 1.67. The average molecular weight is 407 g/mol. The fourth-order valence-corrected chi connectivity index (χ4v) is 3.11. The molecule has 0 saturated heterocycles. The normalized spacial score (nSPS) is 15.6. The summed E-state index contributed by atoms with van der Waals surface area (Å²) in [6, 6.07) is 15.2. The van der Waals surface area contributed by atoms with E-state index >= 15 is 0 Å². The molecule has 1 atom stereocenters. The van der Waals surface area contributed by atoms with Gasteiger partial charge in [-0.15, -0.1) is 0 Å². The highest BCUT2D eigenvalue weighted by molar-refractivity contribution is 6.44. The number of hydrogen-bond acceptors (Lipinski definition) is 5. The van der Waals surface area contributed by atoms with Crippen molar-refractivity contribution in [2.24, 2.45) is 16.8 Å². The number of amides is 3. The predicted octanol–water partition coefficient (Wildman–Crippen LogP) is 2.73. The maximum atomic E-state index is 12.7. The van der Waals surface area contributed by atoms with Gasteiger partial charge >= 0.3 is 0 Å². The maximum absolute atomic E-state index is 12.7. The molecule has 0 bridgehead atoms. The fourth-order valence-electron chi connectivity index (χ4n) is 3.11. The van der Waals surface area contributed by atoms with Crippen molar-refractivity contribution >= 4 is 40.5 Å². The molecule has 0 aliphatic carbocycles. The van der Waals surface area contributed by atoms with E-state index in [1.807, 2.05) is 32.0 Å². The molecule has 1 aliphatic heterocycles. The van der Waals surface area contributed by atoms with E-state index < -0.39 is 17.9 Å². The van der Waals surface area contributed by atoms with Crippen molar-refractivity contribution in [2.45, 2.75) is 32.7 Å². The van der Waals surface area contributed by atoms with E-state index in [-0.39, 0.29) is 24.0 Å². The molecule has 0 unspecified atom stereocenters. The summed E-state index contributed by atoms with van der Waals surface area (Å²) in [7, 11) is 0. The van der Waals surface area contributed by atoms with Crippen molar-refractivity contribution < 1.29 is 14.4 Å². The number of nitrogens with one attached hydrogen (secondary N) is 2. The van der Waals surface area contributed by atoms with Gasteiger partial charge in [0.25, 0.3) is 5.91 Å². The van der Waals surface area contributed by atoms with Crippen LogP contribution in [0.2, 0.25) is 0 Å². The third kappa shape index (κ3) is 5.22. The van der Waals surface area contributed by atoms with E-state index in [1.165, 1.54) is 5.01 Å². The van der Waals surface area contributed by atoms with Crippen LogP contribution in [-0.4, -0.2) is 29.5 Å². The van der Waals surface area contributed by atoms with E-state index in [2.05, 4.69) is 15.7 Å². The van der Waals surface area contributed by atoms with Crippen molar-refractivity contribution in [2.75, 3.05) is 15.6 Å². The first-order valence-corrected chi connectivity index (χ1v) is 9.76. The number of hydrogen-bond donors (Lipinski definition) is 3. The number of anilines is 3. The summed E-state index contributed by atoms with van der Waals surface area (Å²) < 4.78 is 0. The van der Waals surface area contributed by atoms with Gasteiger partial charge in [0.2, 0.25) is 11.8 Å². The zero-order valence-electron chi connectivity index (χ0n) is 17.0. The molecule has 2 aromatic carbocycles. The van der Waals surface area contributed by atoms with E-state index in [0.717, 1.165) is 0 Å². The smallest absolute Gasteiger partial charge is 0.271 e. The van der Waals surface area contributed by atoms with Crippen molar-refractivity contribution in [3.05, 3.63) is 54.6 Å². The number of carbonyl (C=O) groups excluding carboxylic acids is 3. The minimum absolute atomic E-state index is 0.0550. The summed E-state index contributed by atoms with van der Waals surface area (Å²) in [4.78, 5) is 36.4. The molecule has 0 fully saturated rings. The molecule has 8 nitrogen and oxygen atoms in total. The molecule has 8 heteroatoms. The lowest BCUT2D eigenvalue weighted by Gasteiger charge is -2.20. The lowest BCUT2D eigenvalue weighted by atomic mass is 10.1. The number of benzene rings is 2. The molecule has 3 rings (SSSR count). The Hall–Kier alpha value is -3.68. The van der Waals surface area contributed by atoms with E-state index in [0.29, 0.717) is 23.5 Å². The van der Waals surface area contributed by atoms with Crippen LogP contribution in [0.4, 0.5) is 17.1 Å². The number of nitrogens with zero attached hydrogens (tertiary/aromatic N) is 2. The molecular formula is C22H25N5O3. The van der Waals surface area contributed by atoms with Crippen LogP contribution >= 0.6 is 0 Å². The summed E-state index contributed by atoms with van der Waals surface area (Å²) >= 11 is 0. The number of carbonyl (C=O) groups is 3. The Morgan fingerprint density at radius 3 is 2.20 bits per heavy atom. The van der Waals surface area contributed by atoms with Crippen LogP contribution in [0.25, 0.3) is 0 Å². The number of rotatable bonds is 7. The molecule has 30 heavy (non-hydrogen) atoms. The van der Waals surface area contributed by atoms with Crippen molar-refractivity contribution in [1.82, 2.24) is 0 Å². The Morgan fingerprint density at radius 1 is 1.03 bits per heavy atom. The van der Waals surface area contributed by atoms with Gasteiger partial charge in [-0.2, -0.15) is 5.10 Å². The zero-order chi connectivity index (χ0) is 21.7. The van der Waals surface area contributed by atoms with Crippen LogP contribution in [0.3, 0.4) is 0 Å². The van der Waals surface area contributed by atoms with Gasteiger partial charge < -0.3 is 16.4 Å². The SMILES string of the molecule is CC(C)CC(=O)Nc1ccc(NC(=O)C2=NN(c3ccccc3)[C@H](C(N)=O)C2)cc1. The number of para-hydroxylation sites is 1. The second-order valence-electron chi connectivity index (χ2n) is 7.53. The van der Waals surface area contributed by atoms with Crippen LogP contribution in [0.1, 0.15) is 26.7 Å². The molecule has 0 aromatic heterocycles. The molecule has 0 saturated carbocycles. The Labute approximate surface area is 175 Å². The lowest BCUT2D eigenvalue weighted by Crippen LogP contribution is -2.39. The summed E-state index contributed by atoms with van der Waals surface area (Å²) in [5, 5.41) is 11.4. The third-order valence-electron chi connectivity index (χ3n) is 4.54. The van der Waals surface area contributed by atoms with Gasteiger partial charge in [-0.05, 0) is 42.3 Å². The molecule has 1 aliphatic rings. The molecule has 4 N–H and O–H groups in total. The first-order valence-electron chi connectivity index (χ1n) is 9.76. The van der Waals surface area contributed by atoms with Crippen LogP contribution in [0.15, 0.2) is 59.7 Å². The molecule has 0 spiro atoms. The summed E-state index contributed by atoms with van der Waals surface area (Å²) in [6.45, 7) is 3.96. The predicted molar refractivity (Wildman–Crippen MR) is 117 cm³/mol. The quantitative estimate of drug-likeness (QED) is 0.654. The van der Waals surface area contributed by atoms with Crippen LogP contribution in [0.5, 0.6) is 0 Å². The van der Waals surface area contributed by atoms with Gasteiger partial charge in [0, 0.05) is 24.2 Å². The highest BCUT2D eigenvalue weighted by atomic mass is 16.2. The Kier molecular flexibility index (Phi) is 6.46. The lowest BCUT2D eigenvalue weighted by molar-refractivity contribution is -0.119. The molecule has 156 valence electrons. The van der Waals surface area contributed by atoms with E-state index in [9.17, 15) is 14.4 Å². The van der Waals surface area contributed by atoms with Gasteiger partial charge in [-0.3, -0.25) is 19.4 Å². The van der Waals surface area contributed by atoms with Gasteiger partial charge in [0.05, 0.1) is 5.69 Å². The Bertz CT molecular complexity index is 954. The number of hydrazone groups is 1. The first kappa shape index (κ1) is 21.0. The molecule has 2 aromatic rings. The molecule has 1 heterocycles. The number of nitrogens with two attached hydrogens (primary N) is 1. The molecule has 0 radical (unpaired) electrons. The highest BCUT2D eigenvalue weighted by Crippen LogP contribution is 2.25. The summed E-state index contributed by atoms with van der Waals surface area (Å²) in [5.74, 6) is -0.737. The monoisotopic (exact) mass is 407 g/mol. The summed E-state index contributed by atoms with van der Waals surface area (Å²) in [6.07, 6.45) is 0.566. The second kappa shape index (κ2) is 9.21. The Morgan fingerprint density at radius 2 is 1.63 bits per heavy atom. The van der Waals surface area contributed by atoms with Gasteiger partial charge in [0.15, 0.2) is 0 Å². The van der Waals surface area contributed by atoms with Crippen molar-refractivity contribution in [3.63, 3.8) is 0 Å². The van der Waals surface area contributed by atoms with E-state index in [4.69, 9.17) is 5.73 Å². The van der Waals surface area contributed by atoms with Crippen molar-refractivity contribution in [3.8, 4) is 0 Å². The van der Waals surface area contributed by atoms with Gasteiger partial charge in [0.1, 0.15) is 11.8 Å². The zero-order valence-corrected chi connectivity index (χ0v) is 17.0. The molecular weight excluding hydrogens is 382 g/mol. The van der Waals surface area contributed by atoms with Crippen LogP contribution < -0.4 is 21.4 Å². The third-order valence-corrected chi connectivity index (χ3v) is 4.54. The van der Waals surface area contributed by atoms with Crippen LogP contribution in [0, 0.1) is 5.92 Å². The molecule has 3 amide bonds. The van der Waals surface area contributed by atoms with E-state index in [1.54, 1.807) is 36.4 Å². The first-order chi connectivity index (χ1) is 14.3. The van der Waals surface area contributed by atoms with Crippen molar-refractivity contribution in [1.29, 1.82) is 0 Å². The highest BCUT2D eigenvalue weighted by Gasteiger charge is 2.34. The average Bonchev–Trinajstić information content (AvgIpc) is 3.15.